The van der Waals surface area contributed by atoms with Gasteiger partial charge in [0.1, 0.15) is 0 Å². The molecule has 1 N–H and O–H groups in total. The van der Waals surface area contributed by atoms with Crippen molar-refractivity contribution in [2.45, 2.75) is 6.92 Å². The summed E-state index contributed by atoms with van der Waals surface area (Å²) in [5.74, 6) is -0.0944. The molecule has 0 aliphatic carbocycles. The molecule has 0 radical (unpaired) electrons. The van der Waals surface area contributed by atoms with Gasteiger partial charge in [0.2, 0.25) is 5.91 Å². The molecule has 1 aliphatic rings. The molecular formula is C19H23N3OS. The van der Waals surface area contributed by atoms with Crippen molar-refractivity contribution in [2.75, 3.05) is 42.9 Å². The van der Waals surface area contributed by atoms with Crippen LogP contribution in [0.15, 0.2) is 47.9 Å². The van der Waals surface area contributed by atoms with Crippen molar-refractivity contribution in [2.24, 2.45) is 0 Å². The third-order valence-electron chi connectivity index (χ3n) is 4.26. The van der Waals surface area contributed by atoms with E-state index in [4.69, 9.17) is 0 Å². The summed E-state index contributed by atoms with van der Waals surface area (Å²) < 4.78 is 0. The number of benzene rings is 1. The number of anilines is 2. The number of thiophene rings is 1. The van der Waals surface area contributed by atoms with Crippen molar-refractivity contribution in [1.29, 1.82) is 0 Å². The lowest BCUT2D eigenvalue weighted by molar-refractivity contribution is -0.111. The van der Waals surface area contributed by atoms with E-state index in [9.17, 15) is 4.79 Å². The third-order valence-corrected chi connectivity index (χ3v) is 5.10. The van der Waals surface area contributed by atoms with Gasteiger partial charge in [-0.25, -0.2) is 0 Å². The van der Waals surface area contributed by atoms with Crippen LogP contribution in [0, 0.1) is 0 Å². The van der Waals surface area contributed by atoms with Crippen LogP contribution in [-0.4, -0.2) is 43.5 Å². The fraction of sp³-hybridized carbons (Fsp3) is 0.316. The molecule has 0 unspecified atom stereocenters. The average Bonchev–Trinajstić information content (AvgIpc) is 3.14. The van der Waals surface area contributed by atoms with Crippen LogP contribution in [0.3, 0.4) is 0 Å². The van der Waals surface area contributed by atoms with Gasteiger partial charge in [-0.3, -0.25) is 4.79 Å². The van der Waals surface area contributed by atoms with E-state index >= 15 is 0 Å². The lowest BCUT2D eigenvalue weighted by Crippen LogP contribution is -2.46. The molecule has 126 valence electrons. The van der Waals surface area contributed by atoms with Crippen LogP contribution in [0.25, 0.3) is 6.08 Å². The summed E-state index contributed by atoms with van der Waals surface area (Å²) in [6.45, 7) is 7.41. The van der Waals surface area contributed by atoms with Crippen LogP contribution < -0.4 is 10.2 Å². The Bertz CT molecular complexity index is 688. The molecule has 0 bridgehead atoms. The van der Waals surface area contributed by atoms with E-state index in [0.717, 1.165) is 49.0 Å². The van der Waals surface area contributed by atoms with Crippen LogP contribution in [-0.2, 0) is 4.79 Å². The molecule has 24 heavy (non-hydrogen) atoms. The normalized spacial score (nSPS) is 15.8. The Kier molecular flexibility index (Phi) is 5.67. The maximum Gasteiger partial charge on any atom is 0.248 e. The summed E-state index contributed by atoms with van der Waals surface area (Å²) in [6, 6.07) is 12.0. The van der Waals surface area contributed by atoms with Crippen LogP contribution in [0.2, 0.25) is 0 Å². The standard InChI is InChI=1S/C19H23N3OS/c1-2-21-11-13-22(14-12-21)18-8-4-3-7-17(18)20-19(23)10-9-16-6-5-15-24-16/h3-10,15H,2,11-14H2,1H3,(H,20,23)/b10-9+. The number of rotatable bonds is 5. The van der Waals surface area contributed by atoms with E-state index in [2.05, 4.69) is 28.1 Å². The van der Waals surface area contributed by atoms with Gasteiger partial charge in [-0.05, 0) is 36.2 Å². The summed E-state index contributed by atoms with van der Waals surface area (Å²) in [6.07, 6.45) is 3.44. The fourth-order valence-corrected chi connectivity index (χ4v) is 3.50. The number of nitrogens with zero attached hydrogens (tertiary/aromatic N) is 2. The largest absolute Gasteiger partial charge is 0.367 e. The molecule has 0 saturated carbocycles. The van der Waals surface area contributed by atoms with Crippen LogP contribution in [0.4, 0.5) is 11.4 Å². The molecule has 4 nitrogen and oxygen atoms in total. The van der Waals surface area contributed by atoms with Gasteiger partial charge in [-0.2, -0.15) is 0 Å². The number of nitrogens with one attached hydrogen (secondary N) is 1. The summed E-state index contributed by atoms with van der Waals surface area (Å²) in [5.41, 5.74) is 1.98. The van der Waals surface area contributed by atoms with Gasteiger partial charge in [0.25, 0.3) is 0 Å². The van der Waals surface area contributed by atoms with Gasteiger partial charge < -0.3 is 15.1 Å². The van der Waals surface area contributed by atoms with Crippen molar-refractivity contribution in [1.82, 2.24) is 4.90 Å². The monoisotopic (exact) mass is 341 g/mol. The van der Waals surface area contributed by atoms with E-state index in [-0.39, 0.29) is 5.91 Å². The first kappa shape index (κ1) is 16.7. The Morgan fingerprint density at radius 1 is 1.17 bits per heavy atom. The predicted molar refractivity (Wildman–Crippen MR) is 103 cm³/mol. The Morgan fingerprint density at radius 3 is 2.67 bits per heavy atom. The van der Waals surface area contributed by atoms with Gasteiger partial charge >= 0.3 is 0 Å². The predicted octanol–water partition coefficient (Wildman–Crippen LogP) is 3.54. The first-order chi connectivity index (χ1) is 11.8. The van der Waals surface area contributed by atoms with Crippen molar-refractivity contribution >= 4 is 34.7 Å². The summed E-state index contributed by atoms with van der Waals surface area (Å²) >= 11 is 1.62. The minimum absolute atomic E-state index is 0.0944. The highest BCUT2D eigenvalue weighted by Gasteiger charge is 2.18. The molecule has 0 atom stereocenters. The maximum atomic E-state index is 12.2. The second kappa shape index (κ2) is 8.13. The van der Waals surface area contributed by atoms with Gasteiger partial charge in [-0.1, -0.05) is 25.1 Å². The molecule has 2 heterocycles. The van der Waals surface area contributed by atoms with Gasteiger partial charge in [0, 0.05) is 37.1 Å². The maximum absolute atomic E-state index is 12.2. The number of amides is 1. The first-order valence-electron chi connectivity index (χ1n) is 8.35. The molecule has 5 heteroatoms. The number of para-hydroxylation sites is 2. The Hall–Kier alpha value is -2.11. The fourth-order valence-electron chi connectivity index (χ4n) is 2.88. The van der Waals surface area contributed by atoms with Crippen LogP contribution >= 0.6 is 11.3 Å². The quantitative estimate of drug-likeness (QED) is 0.845. The zero-order valence-corrected chi connectivity index (χ0v) is 14.8. The van der Waals surface area contributed by atoms with E-state index in [1.165, 1.54) is 0 Å². The number of hydrogen-bond donors (Lipinski definition) is 1. The number of likely N-dealkylation sites (N-methyl/N-ethyl adjacent to an activating group) is 1. The van der Waals surface area contributed by atoms with E-state index in [1.807, 2.05) is 41.8 Å². The highest BCUT2D eigenvalue weighted by molar-refractivity contribution is 7.10. The molecule has 1 amide bonds. The second-order valence-electron chi connectivity index (χ2n) is 5.78. The Balaban J connectivity index is 1.67. The van der Waals surface area contributed by atoms with E-state index in [1.54, 1.807) is 17.4 Å². The second-order valence-corrected chi connectivity index (χ2v) is 6.76. The highest BCUT2D eigenvalue weighted by atomic mass is 32.1. The Morgan fingerprint density at radius 2 is 1.96 bits per heavy atom. The van der Waals surface area contributed by atoms with Gasteiger partial charge in [0.05, 0.1) is 11.4 Å². The number of carbonyl (C=O) groups is 1. The molecule has 1 fully saturated rings. The molecular weight excluding hydrogens is 318 g/mol. The van der Waals surface area contributed by atoms with Crippen molar-refractivity contribution in [3.8, 4) is 0 Å². The van der Waals surface area contributed by atoms with Crippen LogP contribution in [0.5, 0.6) is 0 Å². The number of piperazine rings is 1. The van der Waals surface area contributed by atoms with Crippen molar-refractivity contribution in [3.63, 3.8) is 0 Å². The Labute approximate surface area is 147 Å². The SMILES string of the molecule is CCN1CCN(c2ccccc2NC(=O)/C=C/c2cccs2)CC1. The van der Waals surface area contributed by atoms with Gasteiger partial charge in [-0.15, -0.1) is 11.3 Å². The minimum Gasteiger partial charge on any atom is -0.367 e. The zero-order chi connectivity index (χ0) is 16.8. The van der Waals surface area contributed by atoms with E-state index < -0.39 is 0 Å². The summed E-state index contributed by atoms with van der Waals surface area (Å²) in [4.78, 5) is 18.1. The summed E-state index contributed by atoms with van der Waals surface area (Å²) in [5, 5.41) is 5.02. The molecule has 1 aromatic heterocycles. The van der Waals surface area contributed by atoms with Crippen LogP contribution in [0.1, 0.15) is 11.8 Å². The van der Waals surface area contributed by atoms with E-state index in [0.29, 0.717) is 0 Å². The minimum atomic E-state index is -0.0944. The van der Waals surface area contributed by atoms with Gasteiger partial charge in [0.15, 0.2) is 0 Å². The summed E-state index contributed by atoms with van der Waals surface area (Å²) in [7, 11) is 0. The topological polar surface area (TPSA) is 35.6 Å². The molecule has 1 saturated heterocycles. The average molecular weight is 341 g/mol. The third kappa shape index (κ3) is 4.24. The lowest BCUT2D eigenvalue weighted by Gasteiger charge is -2.36. The molecule has 1 aromatic carbocycles. The smallest absolute Gasteiger partial charge is 0.248 e. The molecule has 2 aromatic rings. The molecule has 3 rings (SSSR count). The first-order valence-corrected chi connectivity index (χ1v) is 9.23. The van der Waals surface area contributed by atoms with Crippen molar-refractivity contribution < 1.29 is 4.79 Å². The van der Waals surface area contributed by atoms with Crippen molar-refractivity contribution in [3.05, 3.63) is 52.7 Å². The highest BCUT2D eigenvalue weighted by Crippen LogP contribution is 2.26. The molecule has 0 spiro atoms. The number of hydrogen-bond acceptors (Lipinski definition) is 4. The number of carbonyl (C=O) groups excluding carboxylic acids is 1. The molecule has 1 aliphatic heterocycles. The lowest BCUT2D eigenvalue weighted by atomic mass is 10.2. The zero-order valence-electron chi connectivity index (χ0n) is 13.9.